The lowest BCUT2D eigenvalue weighted by Crippen LogP contribution is -2.29. The normalized spacial score (nSPS) is 20.5. The molecule has 3 heteroatoms. The Hall–Kier alpha value is -0.930. The Morgan fingerprint density at radius 2 is 2.33 bits per heavy atom. The number of hydrogen-bond acceptors (Lipinski definition) is 2. The molecule has 2 nitrogen and oxygen atoms in total. The van der Waals surface area contributed by atoms with E-state index in [-0.39, 0.29) is 12.4 Å². The first-order valence-corrected chi connectivity index (χ1v) is 6.83. The van der Waals surface area contributed by atoms with Gasteiger partial charge in [-0.3, -0.25) is 0 Å². The summed E-state index contributed by atoms with van der Waals surface area (Å²) in [6, 6.07) is 5.48. The minimum atomic E-state index is -0.136. The molecule has 0 amide bonds. The highest BCUT2D eigenvalue weighted by Gasteiger charge is 2.20. The molecule has 0 bridgehead atoms. The number of aliphatic hydroxyl groups excluding tert-OH is 1. The number of aryl methyl sites for hydroxylation is 1. The van der Waals surface area contributed by atoms with Crippen LogP contribution < -0.4 is 5.32 Å². The van der Waals surface area contributed by atoms with Gasteiger partial charge in [0.1, 0.15) is 5.82 Å². The topological polar surface area (TPSA) is 32.3 Å². The van der Waals surface area contributed by atoms with Crippen LogP contribution in [0.1, 0.15) is 43.4 Å². The first-order chi connectivity index (χ1) is 8.70. The minimum absolute atomic E-state index is 0.136. The van der Waals surface area contributed by atoms with Crippen LogP contribution in [0.25, 0.3) is 0 Å². The average Bonchev–Trinajstić information content (AvgIpc) is 2.36. The van der Waals surface area contributed by atoms with Crippen molar-refractivity contribution in [2.45, 2.75) is 38.6 Å². The SMILES string of the molecule is C[C@@H](CCO)CN[C@@H]1CCCc2cc(F)ccc21. The zero-order chi connectivity index (χ0) is 13.0. The van der Waals surface area contributed by atoms with Gasteiger partial charge in [-0.1, -0.05) is 13.0 Å². The Balaban J connectivity index is 1.99. The Labute approximate surface area is 108 Å². The second-order valence-corrected chi connectivity index (χ2v) is 5.31. The van der Waals surface area contributed by atoms with Gasteiger partial charge >= 0.3 is 0 Å². The van der Waals surface area contributed by atoms with Gasteiger partial charge in [-0.25, -0.2) is 4.39 Å². The third-order valence-corrected chi connectivity index (χ3v) is 3.75. The van der Waals surface area contributed by atoms with Crippen LogP contribution in [0.3, 0.4) is 0 Å². The molecule has 2 N–H and O–H groups in total. The van der Waals surface area contributed by atoms with Crippen LogP contribution >= 0.6 is 0 Å². The highest BCUT2D eigenvalue weighted by Crippen LogP contribution is 2.30. The van der Waals surface area contributed by atoms with E-state index in [2.05, 4.69) is 12.2 Å². The second-order valence-electron chi connectivity index (χ2n) is 5.31. The molecule has 1 aromatic carbocycles. The third-order valence-electron chi connectivity index (χ3n) is 3.75. The van der Waals surface area contributed by atoms with E-state index in [4.69, 9.17) is 5.11 Å². The molecule has 0 radical (unpaired) electrons. The number of halogens is 1. The molecule has 0 saturated carbocycles. The van der Waals surface area contributed by atoms with E-state index in [0.717, 1.165) is 37.8 Å². The monoisotopic (exact) mass is 251 g/mol. The molecular formula is C15H22FNO. The first-order valence-electron chi connectivity index (χ1n) is 6.83. The maximum absolute atomic E-state index is 13.2. The third kappa shape index (κ3) is 3.30. The number of benzene rings is 1. The van der Waals surface area contributed by atoms with Gasteiger partial charge in [0.25, 0.3) is 0 Å². The molecule has 0 saturated heterocycles. The highest BCUT2D eigenvalue weighted by atomic mass is 19.1. The van der Waals surface area contributed by atoms with Crippen molar-refractivity contribution in [2.75, 3.05) is 13.2 Å². The lowest BCUT2D eigenvalue weighted by molar-refractivity contribution is 0.256. The Bertz CT molecular complexity index is 394. The summed E-state index contributed by atoms with van der Waals surface area (Å²) in [7, 11) is 0. The van der Waals surface area contributed by atoms with E-state index >= 15 is 0 Å². The maximum Gasteiger partial charge on any atom is 0.123 e. The summed E-state index contributed by atoms with van der Waals surface area (Å²) in [4.78, 5) is 0. The maximum atomic E-state index is 13.2. The van der Waals surface area contributed by atoms with Crippen molar-refractivity contribution >= 4 is 0 Å². The Morgan fingerprint density at radius 1 is 1.50 bits per heavy atom. The van der Waals surface area contributed by atoms with Crippen LogP contribution in [0.4, 0.5) is 4.39 Å². The molecule has 0 heterocycles. The zero-order valence-electron chi connectivity index (χ0n) is 11.0. The van der Waals surface area contributed by atoms with Crippen molar-refractivity contribution in [1.29, 1.82) is 0 Å². The molecule has 0 aromatic heterocycles. The van der Waals surface area contributed by atoms with Crippen molar-refractivity contribution in [2.24, 2.45) is 5.92 Å². The van der Waals surface area contributed by atoms with Crippen molar-refractivity contribution < 1.29 is 9.50 Å². The van der Waals surface area contributed by atoms with Gasteiger partial charge in [-0.2, -0.15) is 0 Å². The average molecular weight is 251 g/mol. The van der Waals surface area contributed by atoms with Crippen molar-refractivity contribution in [3.63, 3.8) is 0 Å². The second kappa shape index (κ2) is 6.30. The van der Waals surface area contributed by atoms with Gasteiger partial charge in [0.2, 0.25) is 0 Å². The molecule has 2 atom stereocenters. The van der Waals surface area contributed by atoms with Gasteiger partial charge in [-0.05, 0) is 61.4 Å². The van der Waals surface area contributed by atoms with Crippen LogP contribution in [-0.4, -0.2) is 18.3 Å². The molecule has 1 aromatic rings. The summed E-state index contributed by atoms with van der Waals surface area (Å²) in [5.41, 5.74) is 2.40. The lowest BCUT2D eigenvalue weighted by atomic mass is 9.87. The van der Waals surface area contributed by atoms with Gasteiger partial charge in [-0.15, -0.1) is 0 Å². The zero-order valence-corrected chi connectivity index (χ0v) is 11.0. The Morgan fingerprint density at radius 3 is 3.11 bits per heavy atom. The van der Waals surface area contributed by atoms with Crippen LogP contribution in [-0.2, 0) is 6.42 Å². The molecule has 0 aliphatic heterocycles. The van der Waals surface area contributed by atoms with E-state index in [1.165, 1.54) is 5.56 Å². The fourth-order valence-corrected chi connectivity index (χ4v) is 2.66. The standard InChI is InChI=1S/C15H22FNO/c1-11(7-8-18)10-17-15-4-2-3-12-9-13(16)5-6-14(12)15/h5-6,9,11,15,17-18H,2-4,7-8,10H2,1H3/t11-,15+/m0/s1. The van der Waals surface area contributed by atoms with E-state index in [9.17, 15) is 4.39 Å². The van der Waals surface area contributed by atoms with Crippen LogP contribution in [0.15, 0.2) is 18.2 Å². The summed E-state index contributed by atoms with van der Waals surface area (Å²) in [6.45, 7) is 3.29. The summed E-state index contributed by atoms with van der Waals surface area (Å²) >= 11 is 0. The predicted molar refractivity (Wildman–Crippen MR) is 70.9 cm³/mol. The van der Waals surface area contributed by atoms with Crippen molar-refractivity contribution in [1.82, 2.24) is 5.32 Å². The molecule has 1 aliphatic rings. The van der Waals surface area contributed by atoms with E-state index < -0.39 is 0 Å². The van der Waals surface area contributed by atoms with Gasteiger partial charge < -0.3 is 10.4 Å². The van der Waals surface area contributed by atoms with Gasteiger partial charge in [0, 0.05) is 12.6 Å². The lowest BCUT2D eigenvalue weighted by Gasteiger charge is -2.27. The molecule has 0 unspecified atom stereocenters. The quantitative estimate of drug-likeness (QED) is 0.843. The van der Waals surface area contributed by atoms with Crippen molar-refractivity contribution in [3.8, 4) is 0 Å². The predicted octanol–water partition coefficient (Wildman–Crippen LogP) is 2.81. The molecule has 18 heavy (non-hydrogen) atoms. The van der Waals surface area contributed by atoms with Gasteiger partial charge in [0.15, 0.2) is 0 Å². The number of rotatable bonds is 5. The summed E-state index contributed by atoms with van der Waals surface area (Å²) in [5, 5.41) is 12.4. The fraction of sp³-hybridized carbons (Fsp3) is 0.600. The molecular weight excluding hydrogens is 229 g/mol. The van der Waals surface area contributed by atoms with Crippen LogP contribution in [0.5, 0.6) is 0 Å². The molecule has 100 valence electrons. The van der Waals surface area contributed by atoms with E-state index in [1.54, 1.807) is 12.1 Å². The van der Waals surface area contributed by atoms with Crippen LogP contribution in [0, 0.1) is 11.7 Å². The highest BCUT2D eigenvalue weighted by molar-refractivity contribution is 5.32. The van der Waals surface area contributed by atoms with Crippen molar-refractivity contribution in [3.05, 3.63) is 35.1 Å². The molecule has 0 fully saturated rings. The molecule has 1 aliphatic carbocycles. The van der Waals surface area contributed by atoms with Gasteiger partial charge in [0.05, 0.1) is 0 Å². The first kappa shape index (κ1) is 13.5. The molecule has 0 spiro atoms. The number of nitrogens with one attached hydrogen (secondary N) is 1. The Kier molecular flexibility index (Phi) is 4.72. The largest absolute Gasteiger partial charge is 0.396 e. The smallest absolute Gasteiger partial charge is 0.123 e. The molecule has 2 rings (SSSR count). The number of fused-ring (bicyclic) bond motifs is 1. The summed E-state index contributed by atoms with van der Waals surface area (Å²) in [6.07, 6.45) is 4.04. The number of aliphatic hydroxyl groups is 1. The number of hydrogen-bond donors (Lipinski definition) is 2. The minimum Gasteiger partial charge on any atom is -0.396 e. The van der Waals surface area contributed by atoms with E-state index in [0.29, 0.717) is 12.0 Å². The van der Waals surface area contributed by atoms with Crippen LogP contribution in [0.2, 0.25) is 0 Å². The summed E-state index contributed by atoms with van der Waals surface area (Å²) < 4.78 is 13.2. The van der Waals surface area contributed by atoms with E-state index in [1.807, 2.05) is 6.07 Å². The summed E-state index contributed by atoms with van der Waals surface area (Å²) in [5.74, 6) is 0.337. The fourth-order valence-electron chi connectivity index (χ4n) is 2.66.